The molecule has 2 aromatic rings. The first-order valence-corrected chi connectivity index (χ1v) is 12.1. The summed E-state index contributed by atoms with van der Waals surface area (Å²) in [7, 11) is 1.77. The van der Waals surface area contributed by atoms with Crippen molar-refractivity contribution >= 4 is 49.1 Å². The number of aliphatic hydroxyl groups is 1. The largest absolute Gasteiger partial charge is 0.489 e. The van der Waals surface area contributed by atoms with Gasteiger partial charge in [0, 0.05) is 60.8 Å². The van der Waals surface area contributed by atoms with Crippen LogP contribution in [0.25, 0.3) is 0 Å². The molecule has 2 aromatic carbocycles. The number of halogens is 2. The lowest BCUT2D eigenvalue weighted by Gasteiger charge is -2.37. The number of anilines is 2. The maximum Gasteiger partial charge on any atom is 0.227 e. The van der Waals surface area contributed by atoms with Crippen LogP contribution < -0.4 is 14.5 Å². The van der Waals surface area contributed by atoms with E-state index in [2.05, 4.69) is 65.9 Å². The van der Waals surface area contributed by atoms with Gasteiger partial charge >= 0.3 is 0 Å². The predicted molar refractivity (Wildman–Crippen MR) is 130 cm³/mol. The summed E-state index contributed by atoms with van der Waals surface area (Å²) >= 11 is 7.18. The average Bonchev–Trinajstić information content (AvgIpc) is 2.78. The fraction of sp³-hybridized carbons (Fsp3) is 0.435. The number of aliphatic hydroxyl groups excluding tert-OH is 1. The molecule has 31 heavy (non-hydrogen) atoms. The number of amides is 1. The molecule has 8 heteroatoms. The van der Waals surface area contributed by atoms with Gasteiger partial charge in [-0.15, -0.1) is 0 Å². The molecule has 1 N–H and O–H groups in total. The Morgan fingerprint density at radius 3 is 2.52 bits per heavy atom. The van der Waals surface area contributed by atoms with Crippen molar-refractivity contribution < 1.29 is 14.6 Å². The summed E-state index contributed by atoms with van der Waals surface area (Å²) in [4.78, 5) is 18.5. The standard InChI is InChI=1S/C23H27Br2N3O3/c1-26-21(30)8-7-18-22(25)19(24)13-20(23(18)26)31-15-17(29)14-27-9-11-28(12-10-27)16-5-3-2-4-6-16/h2-6,13,17,29H,7-12,14-15H2,1H3. The van der Waals surface area contributed by atoms with E-state index in [-0.39, 0.29) is 12.5 Å². The summed E-state index contributed by atoms with van der Waals surface area (Å²) in [5, 5.41) is 10.6. The highest BCUT2D eigenvalue weighted by molar-refractivity contribution is 9.13. The zero-order valence-corrected chi connectivity index (χ0v) is 20.7. The summed E-state index contributed by atoms with van der Waals surface area (Å²) in [5.41, 5.74) is 3.09. The van der Waals surface area contributed by atoms with Crippen molar-refractivity contribution in [2.45, 2.75) is 18.9 Å². The summed E-state index contributed by atoms with van der Waals surface area (Å²) in [5.74, 6) is 0.692. The zero-order valence-electron chi connectivity index (χ0n) is 17.6. The van der Waals surface area contributed by atoms with Crippen molar-refractivity contribution in [2.75, 3.05) is 56.2 Å². The van der Waals surface area contributed by atoms with E-state index in [1.54, 1.807) is 11.9 Å². The number of piperazine rings is 1. The molecule has 1 unspecified atom stereocenters. The van der Waals surface area contributed by atoms with E-state index in [0.29, 0.717) is 25.1 Å². The van der Waals surface area contributed by atoms with Crippen LogP contribution in [0.3, 0.4) is 0 Å². The maximum absolute atomic E-state index is 12.2. The monoisotopic (exact) mass is 551 g/mol. The highest BCUT2D eigenvalue weighted by Gasteiger charge is 2.28. The zero-order chi connectivity index (χ0) is 22.0. The minimum absolute atomic E-state index is 0.0726. The molecule has 0 aliphatic carbocycles. The summed E-state index contributed by atoms with van der Waals surface area (Å²) < 4.78 is 7.86. The Balaban J connectivity index is 1.34. The van der Waals surface area contributed by atoms with Gasteiger partial charge < -0.3 is 19.6 Å². The summed E-state index contributed by atoms with van der Waals surface area (Å²) in [6.45, 7) is 4.44. The summed E-state index contributed by atoms with van der Waals surface area (Å²) in [6, 6.07) is 12.3. The van der Waals surface area contributed by atoms with E-state index in [1.807, 2.05) is 12.1 Å². The van der Waals surface area contributed by atoms with E-state index < -0.39 is 6.10 Å². The molecule has 166 valence electrons. The topological polar surface area (TPSA) is 56.3 Å². The van der Waals surface area contributed by atoms with Crippen molar-refractivity contribution in [1.29, 1.82) is 0 Å². The molecule has 1 amide bonds. The van der Waals surface area contributed by atoms with Crippen molar-refractivity contribution in [3.05, 3.63) is 50.9 Å². The number of hydrogen-bond donors (Lipinski definition) is 1. The molecule has 0 bridgehead atoms. The molecular weight excluding hydrogens is 526 g/mol. The number of rotatable bonds is 6. The van der Waals surface area contributed by atoms with Gasteiger partial charge in [0.15, 0.2) is 0 Å². The number of carbonyl (C=O) groups excluding carboxylic acids is 1. The molecule has 0 spiro atoms. The number of ether oxygens (including phenoxy) is 1. The first-order chi connectivity index (χ1) is 14.9. The number of benzene rings is 2. The third-order valence-electron chi connectivity index (χ3n) is 5.94. The Bertz CT molecular complexity index is 933. The van der Waals surface area contributed by atoms with Gasteiger partial charge in [0.2, 0.25) is 5.91 Å². The van der Waals surface area contributed by atoms with E-state index >= 15 is 0 Å². The fourth-order valence-electron chi connectivity index (χ4n) is 4.24. The normalized spacial score (nSPS) is 18.1. The van der Waals surface area contributed by atoms with Gasteiger partial charge in [0.1, 0.15) is 18.5 Å². The van der Waals surface area contributed by atoms with Crippen LogP contribution in [0.15, 0.2) is 45.3 Å². The van der Waals surface area contributed by atoms with Gasteiger partial charge in [-0.25, -0.2) is 0 Å². The van der Waals surface area contributed by atoms with Crippen molar-refractivity contribution in [2.24, 2.45) is 0 Å². The van der Waals surface area contributed by atoms with Crippen LogP contribution >= 0.6 is 31.9 Å². The highest BCUT2D eigenvalue weighted by Crippen LogP contribution is 2.44. The van der Waals surface area contributed by atoms with Gasteiger partial charge in [-0.05, 0) is 62.0 Å². The van der Waals surface area contributed by atoms with Gasteiger partial charge in [-0.1, -0.05) is 18.2 Å². The number of β-amino-alcohol motifs (C(OH)–C–C–N with tert-alkyl or cyclic N) is 1. The molecule has 2 heterocycles. The fourth-order valence-corrected chi connectivity index (χ4v) is 5.19. The molecule has 0 saturated carbocycles. The maximum atomic E-state index is 12.2. The van der Waals surface area contributed by atoms with Gasteiger partial charge in [-0.2, -0.15) is 0 Å². The SMILES string of the molecule is CN1C(=O)CCc2c(Br)c(Br)cc(OCC(O)CN3CCN(c4ccccc4)CC3)c21. The lowest BCUT2D eigenvalue weighted by Crippen LogP contribution is -2.49. The third kappa shape index (κ3) is 5.08. The van der Waals surface area contributed by atoms with E-state index in [1.165, 1.54) is 5.69 Å². The van der Waals surface area contributed by atoms with Crippen LogP contribution in [0.2, 0.25) is 0 Å². The Kier molecular flexibility index (Phi) is 7.21. The number of hydrogen-bond acceptors (Lipinski definition) is 5. The van der Waals surface area contributed by atoms with E-state index in [4.69, 9.17) is 4.74 Å². The van der Waals surface area contributed by atoms with Crippen molar-refractivity contribution in [1.82, 2.24) is 4.90 Å². The minimum atomic E-state index is -0.606. The second-order valence-corrected chi connectivity index (χ2v) is 9.69. The predicted octanol–water partition coefficient (Wildman–Crippen LogP) is 3.68. The molecule has 2 aliphatic rings. The lowest BCUT2D eigenvalue weighted by atomic mass is 10.0. The highest BCUT2D eigenvalue weighted by atomic mass is 79.9. The quantitative estimate of drug-likeness (QED) is 0.592. The molecule has 0 radical (unpaired) electrons. The molecule has 4 rings (SSSR count). The van der Waals surface area contributed by atoms with Crippen LogP contribution in [0.1, 0.15) is 12.0 Å². The van der Waals surface area contributed by atoms with Crippen molar-refractivity contribution in [3.8, 4) is 5.75 Å². The Morgan fingerprint density at radius 2 is 1.81 bits per heavy atom. The smallest absolute Gasteiger partial charge is 0.227 e. The molecule has 1 saturated heterocycles. The number of para-hydroxylation sites is 1. The van der Waals surface area contributed by atoms with Crippen LogP contribution in [-0.2, 0) is 11.2 Å². The molecule has 2 aliphatic heterocycles. The molecule has 0 aromatic heterocycles. The molecule has 6 nitrogen and oxygen atoms in total. The Hall–Kier alpha value is -1.61. The molecule has 1 fully saturated rings. The van der Waals surface area contributed by atoms with E-state index in [0.717, 1.165) is 46.4 Å². The summed E-state index contributed by atoms with van der Waals surface area (Å²) in [6.07, 6.45) is 0.546. The van der Waals surface area contributed by atoms with Gasteiger partial charge in [0.25, 0.3) is 0 Å². The average molecular weight is 553 g/mol. The number of carbonyl (C=O) groups is 1. The van der Waals surface area contributed by atoms with E-state index in [9.17, 15) is 9.90 Å². The second-order valence-electron chi connectivity index (χ2n) is 8.04. The van der Waals surface area contributed by atoms with Crippen LogP contribution in [-0.4, -0.2) is 68.4 Å². The molecular formula is C23H27Br2N3O3. The second kappa shape index (κ2) is 9.90. The number of nitrogens with zero attached hydrogens (tertiary/aromatic N) is 3. The molecule has 1 atom stereocenters. The number of fused-ring (bicyclic) bond motifs is 1. The van der Waals surface area contributed by atoms with Crippen LogP contribution in [0, 0.1) is 0 Å². The van der Waals surface area contributed by atoms with Crippen LogP contribution in [0.5, 0.6) is 5.75 Å². The lowest BCUT2D eigenvalue weighted by molar-refractivity contribution is -0.118. The van der Waals surface area contributed by atoms with Crippen molar-refractivity contribution in [3.63, 3.8) is 0 Å². The Labute approximate surface area is 200 Å². The first-order valence-electron chi connectivity index (χ1n) is 10.5. The third-order valence-corrected chi connectivity index (χ3v) is 8.01. The Morgan fingerprint density at radius 1 is 1.10 bits per heavy atom. The van der Waals surface area contributed by atoms with Gasteiger partial charge in [-0.3, -0.25) is 9.69 Å². The van der Waals surface area contributed by atoms with Gasteiger partial charge in [0.05, 0.1) is 5.69 Å². The first kappa shape index (κ1) is 22.6. The van der Waals surface area contributed by atoms with Crippen LogP contribution in [0.4, 0.5) is 11.4 Å². The minimum Gasteiger partial charge on any atom is -0.489 e.